The van der Waals surface area contributed by atoms with E-state index in [4.69, 9.17) is 10.5 Å². The molecule has 5 nitrogen and oxygen atoms in total. The van der Waals surface area contributed by atoms with E-state index in [9.17, 15) is 4.79 Å². The van der Waals surface area contributed by atoms with E-state index < -0.39 is 0 Å². The van der Waals surface area contributed by atoms with E-state index in [1.54, 1.807) is 7.05 Å². The summed E-state index contributed by atoms with van der Waals surface area (Å²) in [7, 11) is 1.65. The Bertz CT molecular complexity index is 496. The topological polar surface area (TPSA) is 67.6 Å². The van der Waals surface area contributed by atoms with Gasteiger partial charge in [-0.05, 0) is 24.6 Å². The van der Waals surface area contributed by atoms with Gasteiger partial charge in [0.2, 0.25) is 5.91 Å². The number of amides is 1. The van der Waals surface area contributed by atoms with Gasteiger partial charge in [-0.25, -0.2) is 0 Å². The number of benzene rings is 1. The molecule has 116 valence electrons. The first-order chi connectivity index (χ1) is 10.0. The van der Waals surface area contributed by atoms with Crippen LogP contribution in [0.4, 0.5) is 0 Å². The van der Waals surface area contributed by atoms with Crippen molar-refractivity contribution in [3.8, 4) is 0 Å². The second kappa shape index (κ2) is 7.35. The Kier molecular flexibility index (Phi) is 5.75. The maximum atomic E-state index is 12.1. The van der Waals surface area contributed by atoms with Gasteiger partial charge in [-0.2, -0.15) is 0 Å². The molecular formula is C15H22BrN3O2. The molecule has 0 radical (unpaired) electrons. The van der Waals surface area contributed by atoms with Crippen molar-refractivity contribution in [2.75, 3.05) is 26.8 Å². The Labute approximate surface area is 134 Å². The van der Waals surface area contributed by atoms with Crippen molar-refractivity contribution in [2.24, 2.45) is 5.73 Å². The number of carbonyl (C=O) groups is 1. The number of nitrogens with one attached hydrogen (secondary N) is 1. The van der Waals surface area contributed by atoms with E-state index in [0.29, 0.717) is 19.8 Å². The number of halogens is 1. The molecule has 0 saturated carbocycles. The summed E-state index contributed by atoms with van der Waals surface area (Å²) < 4.78 is 6.48. The highest BCUT2D eigenvalue weighted by Crippen LogP contribution is 2.29. The number of nitrogens with two attached hydrogens (primary N) is 1. The molecule has 1 fully saturated rings. The van der Waals surface area contributed by atoms with Crippen molar-refractivity contribution in [2.45, 2.75) is 25.0 Å². The van der Waals surface area contributed by atoms with Crippen molar-refractivity contribution in [1.82, 2.24) is 10.2 Å². The lowest BCUT2D eigenvalue weighted by molar-refractivity contribution is -0.134. The fourth-order valence-electron chi connectivity index (χ4n) is 2.83. The van der Waals surface area contributed by atoms with Crippen LogP contribution in [0.3, 0.4) is 0 Å². The molecule has 1 heterocycles. The lowest BCUT2D eigenvalue weighted by atomic mass is 9.96. The summed E-state index contributed by atoms with van der Waals surface area (Å²) in [6.45, 7) is 3.68. The van der Waals surface area contributed by atoms with E-state index in [1.165, 1.54) is 0 Å². The first-order valence-electron chi connectivity index (χ1n) is 7.10. The minimum Gasteiger partial charge on any atom is -0.378 e. The van der Waals surface area contributed by atoms with Crippen molar-refractivity contribution in [3.05, 3.63) is 34.3 Å². The Hall–Kier alpha value is -0.950. The van der Waals surface area contributed by atoms with Gasteiger partial charge in [0, 0.05) is 24.1 Å². The number of likely N-dealkylation sites (N-methyl/N-ethyl adjacent to an activating group) is 1. The van der Waals surface area contributed by atoms with E-state index in [1.807, 2.05) is 19.1 Å². The molecule has 0 bridgehead atoms. The Morgan fingerprint density at radius 3 is 2.95 bits per heavy atom. The number of hydrogen-bond donors (Lipinski definition) is 2. The quantitative estimate of drug-likeness (QED) is 0.853. The van der Waals surface area contributed by atoms with Gasteiger partial charge in [-0.15, -0.1) is 0 Å². The van der Waals surface area contributed by atoms with Crippen LogP contribution < -0.4 is 11.1 Å². The molecule has 2 rings (SSSR count). The van der Waals surface area contributed by atoms with Crippen LogP contribution in [0.15, 0.2) is 28.7 Å². The van der Waals surface area contributed by atoms with Gasteiger partial charge in [-0.1, -0.05) is 28.1 Å². The standard InChI is InChI=1S/C15H22BrN3O2/c1-10(17)14(11-4-3-5-12(16)8-11)19-6-7-21-9-13(19)15(20)18-2/h3-5,8,10,13-14H,6-7,9,17H2,1-2H3,(H,18,20). The molecule has 3 unspecified atom stereocenters. The zero-order chi connectivity index (χ0) is 15.4. The van der Waals surface area contributed by atoms with E-state index in [-0.39, 0.29) is 24.0 Å². The highest BCUT2D eigenvalue weighted by atomic mass is 79.9. The van der Waals surface area contributed by atoms with E-state index in [2.05, 4.69) is 38.3 Å². The molecule has 6 heteroatoms. The van der Waals surface area contributed by atoms with Crippen molar-refractivity contribution in [3.63, 3.8) is 0 Å². The van der Waals surface area contributed by atoms with Gasteiger partial charge in [0.15, 0.2) is 0 Å². The zero-order valence-electron chi connectivity index (χ0n) is 12.4. The molecule has 1 amide bonds. The van der Waals surface area contributed by atoms with Crippen LogP contribution in [0.25, 0.3) is 0 Å². The molecule has 21 heavy (non-hydrogen) atoms. The molecule has 3 atom stereocenters. The number of morpholine rings is 1. The highest BCUT2D eigenvalue weighted by molar-refractivity contribution is 9.10. The van der Waals surface area contributed by atoms with Gasteiger partial charge in [-0.3, -0.25) is 9.69 Å². The van der Waals surface area contributed by atoms with E-state index >= 15 is 0 Å². The molecule has 0 aromatic heterocycles. The third-order valence-electron chi connectivity index (χ3n) is 3.76. The summed E-state index contributed by atoms with van der Waals surface area (Å²) in [6.07, 6.45) is 0. The van der Waals surface area contributed by atoms with Crippen molar-refractivity contribution < 1.29 is 9.53 Å². The van der Waals surface area contributed by atoms with Gasteiger partial charge in [0.05, 0.1) is 19.3 Å². The maximum Gasteiger partial charge on any atom is 0.239 e. The monoisotopic (exact) mass is 355 g/mol. The summed E-state index contributed by atoms with van der Waals surface area (Å²) in [5.74, 6) is -0.0321. The first-order valence-corrected chi connectivity index (χ1v) is 7.90. The van der Waals surface area contributed by atoms with Crippen LogP contribution in [0, 0.1) is 0 Å². The summed E-state index contributed by atoms with van der Waals surface area (Å²) >= 11 is 3.50. The van der Waals surface area contributed by atoms with Crippen LogP contribution in [-0.2, 0) is 9.53 Å². The Balaban J connectivity index is 2.33. The van der Waals surface area contributed by atoms with Crippen LogP contribution in [0.2, 0.25) is 0 Å². The van der Waals surface area contributed by atoms with Crippen LogP contribution in [-0.4, -0.2) is 49.7 Å². The van der Waals surface area contributed by atoms with Crippen molar-refractivity contribution >= 4 is 21.8 Å². The predicted molar refractivity (Wildman–Crippen MR) is 85.9 cm³/mol. The molecule has 1 saturated heterocycles. The van der Waals surface area contributed by atoms with Gasteiger partial charge in [0.1, 0.15) is 6.04 Å². The minimum atomic E-state index is -0.307. The molecule has 1 aromatic rings. The van der Waals surface area contributed by atoms with Gasteiger partial charge >= 0.3 is 0 Å². The van der Waals surface area contributed by atoms with Gasteiger partial charge in [0.25, 0.3) is 0 Å². The Morgan fingerprint density at radius 2 is 2.33 bits per heavy atom. The van der Waals surface area contributed by atoms with Gasteiger partial charge < -0.3 is 15.8 Å². The lowest BCUT2D eigenvalue weighted by Gasteiger charge is -2.41. The number of carbonyl (C=O) groups excluding carboxylic acids is 1. The highest BCUT2D eigenvalue weighted by Gasteiger charge is 2.36. The summed E-state index contributed by atoms with van der Waals surface area (Å²) in [4.78, 5) is 14.3. The predicted octanol–water partition coefficient (Wildman–Crippen LogP) is 1.28. The summed E-state index contributed by atoms with van der Waals surface area (Å²) in [6, 6.07) is 7.66. The van der Waals surface area contributed by atoms with Crippen LogP contribution >= 0.6 is 15.9 Å². The molecule has 0 spiro atoms. The summed E-state index contributed by atoms with van der Waals surface area (Å²) in [5, 5.41) is 2.71. The smallest absolute Gasteiger partial charge is 0.239 e. The average molecular weight is 356 g/mol. The molecule has 1 aliphatic heterocycles. The van der Waals surface area contributed by atoms with Crippen LogP contribution in [0.5, 0.6) is 0 Å². The number of ether oxygens (including phenoxy) is 1. The van der Waals surface area contributed by atoms with Crippen molar-refractivity contribution in [1.29, 1.82) is 0 Å². The van der Waals surface area contributed by atoms with E-state index in [0.717, 1.165) is 10.0 Å². The fourth-order valence-corrected chi connectivity index (χ4v) is 3.25. The molecule has 1 aromatic carbocycles. The lowest BCUT2D eigenvalue weighted by Crippen LogP contribution is -2.56. The molecular weight excluding hydrogens is 334 g/mol. The molecule has 3 N–H and O–H groups in total. The molecule has 0 aliphatic carbocycles. The Morgan fingerprint density at radius 1 is 1.57 bits per heavy atom. The number of hydrogen-bond acceptors (Lipinski definition) is 4. The second-order valence-electron chi connectivity index (χ2n) is 5.30. The zero-order valence-corrected chi connectivity index (χ0v) is 14.0. The van der Waals surface area contributed by atoms with Crippen LogP contribution in [0.1, 0.15) is 18.5 Å². The third kappa shape index (κ3) is 3.83. The fraction of sp³-hybridized carbons (Fsp3) is 0.533. The normalized spacial score (nSPS) is 22.6. The summed E-state index contributed by atoms with van der Waals surface area (Å²) in [5.41, 5.74) is 7.33. The largest absolute Gasteiger partial charge is 0.378 e. The number of rotatable bonds is 4. The number of nitrogens with zero attached hydrogens (tertiary/aromatic N) is 1. The second-order valence-corrected chi connectivity index (χ2v) is 6.22. The minimum absolute atomic E-state index is 0.0197. The maximum absolute atomic E-state index is 12.1. The average Bonchev–Trinajstić information content (AvgIpc) is 2.47. The molecule has 1 aliphatic rings. The third-order valence-corrected chi connectivity index (χ3v) is 4.26. The first kappa shape index (κ1) is 16.4. The SMILES string of the molecule is CNC(=O)C1COCCN1C(c1cccc(Br)c1)C(C)N.